The van der Waals surface area contributed by atoms with Crippen LogP contribution >= 0.6 is 0 Å². The lowest BCUT2D eigenvalue weighted by Gasteiger charge is -2.44. The summed E-state index contributed by atoms with van der Waals surface area (Å²) in [7, 11) is 0. The van der Waals surface area contributed by atoms with Crippen LogP contribution in [0.3, 0.4) is 0 Å². The number of carboxylic acids is 1. The van der Waals surface area contributed by atoms with Gasteiger partial charge in [0.25, 0.3) is 0 Å². The number of aromatic nitrogens is 5. The summed E-state index contributed by atoms with van der Waals surface area (Å²) in [4.78, 5) is 34.4. The normalized spacial score (nSPS) is 17.3. The van der Waals surface area contributed by atoms with E-state index in [2.05, 4.69) is 25.2 Å². The molecule has 4 heterocycles. The van der Waals surface area contributed by atoms with E-state index in [0.29, 0.717) is 42.2 Å². The van der Waals surface area contributed by atoms with Gasteiger partial charge in [-0.25, -0.2) is 14.6 Å². The molecule has 1 aromatic carbocycles. The molecule has 3 aromatic rings. The zero-order chi connectivity index (χ0) is 21.4. The number of anilines is 1. The van der Waals surface area contributed by atoms with Gasteiger partial charge in [-0.05, 0) is 12.1 Å². The maximum Gasteiger partial charge on any atom is 0.325 e. The number of carboxylic acid groups (broad SMARTS) is 1. The van der Waals surface area contributed by atoms with E-state index in [0.717, 1.165) is 18.7 Å². The minimum atomic E-state index is -0.993. The third kappa shape index (κ3) is 3.72. The molecule has 1 saturated heterocycles. The first-order chi connectivity index (χ1) is 15.0. The molecule has 1 fully saturated rings. The summed E-state index contributed by atoms with van der Waals surface area (Å²) in [5.41, 5.74) is 1.19. The molecule has 0 bridgehead atoms. The number of aliphatic carboxylic acids is 1. The topological polar surface area (TPSA) is 123 Å². The Kier molecular flexibility index (Phi) is 4.61. The number of carbonyl (C=O) groups is 2. The second kappa shape index (κ2) is 7.46. The van der Waals surface area contributed by atoms with Gasteiger partial charge >= 0.3 is 5.97 Å². The fourth-order valence-corrected chi connectivity index (χ4v) is 4.11. The molecule has 2 aromatic heterocycles. The first-order valence-electron chi connectivity index (χ1n) is 10.0. The average Bonchev–Trinajstić information content (AvgIpc) is 3.22. The molecule has 0 aliphatic carbocycles. The number of Topliss-reactive ketones (excluding diaryl/α,β-unsaturated/α-hetero) is 1. The molecule has 1 spiro atoms. The maximum absolute atomic E-state index is 12.6. The van der Waals surface area contributed by atoms with Crippen LogP contribution in [0, 0.1) is 0 Å². The fourth-order valence-electron chi connectivity index (χ4n) is 4.11. The van der Waals surface area contributed by atoms with Gasteiger partial charge in [0.2, 0.25) is 0 Å². The largest absolute Gasteiger partial charge is 0.486 e. The van der Waals surface area contributed by atoms with Gasteiger partial charge in [0.1, 0.15) is 35.1 Å². The first-order valence-corrected chi connectivity index (χ1v) is 10.0. The fraction of sp³-hybridized carbons (Fsp3) is 0.333. The Morgan fingerprint density at radius 2 is 1.94 bits per heavy atom. The third-order valence-electron chi connectivity index (χ3n) is 5.73. The molecular formula is C21H20N6O4. The van der Waals surface area contributed by atoms with Gasteiger partial charge in [0.05, 0.1) is 30.6 Å². The lowest BCUT2D eigenvalue weighted by atomic mass is 9.82. The zero-order valence-corrected chi connectivity index (χ0v) is 16.6. The van der Waals surface area contributed by atoms with E-state index in [1.165, 1.54) is 10.9 Å². The summed E-state index contributed by atoms with van der Waals surface area (Å²) >= 11 is 0. The predicted octanol–water partition coefficient (Wildman–Crippen LogP) is 1.82. The lowest BCUT2D eigenvalue weighted by Crippen LogP contribution is -2.51. The second-order valence-corrected chi connectivity index (χ2v) is 7.82. The quantitative estimate of drug-likeness (QED) is 0.673. The van der Waals surface area contributed by atoms with E-state index in [1.807, 2.05) is 24.3 Å². The molecule has 0 radical (unpaired) electrons. The van der Waals surface area contributed by atoms with Gasteiger partial charge in [-0.1, -0.05) is 17.3 Å². The molecule has 0 amide bonds. The Labute approximate surface area is 177 Å². The highest BCUT2D eigenvalue weighted by Crippen LogP contribution is 2.39. The van der Waals surface area contributed by atoms with Crippen LogP contribution in [0.15, 0.2) is 42.9 Å². The predicted molar refractivity (Wildman–Crippen MR) is 109 cm³/mol. The van der Waals surface area contributed by atoms with E-state index in [9.17, 15) is 9.59 Å². The highest BCUT2D eigenvalue weighted by molar-refractivity contribution is 6.00. The van der Waals surface area contributed by atoms with Crippen molar-refractivity contribution in [1.29, 1.82) is 0 Å². The highest BCUT2D eigenvalue weighted by Gasteiger charge is 2.43. The van der Waals surface area contributed by atoms with Crippen LogP contribution in [0.1, 0.15) is 29.6 Å². The van der Waals surface area contributed by atoms with E-state index in [-0.39, 0.29) is 12.3 Å². The van der Waals surface area contributed by atoms with Crippen LogP contribution in [0.25, 0.3) is 11.4 Å². The van der Waals surface area contributed by atoms with Crippen LogP contribution in [0.2, 0.25) is 0 Å². The van der Waals surface area contributed by atoms with Crippen LogP contribution in [-0.4, -0.2) is 60.5 Å². The number of hydrogen-bond donors (Lipinski definition) is 1. The molecule has 2 aliphatic heterocycles. The highest BCUT2D eigenvalue weighted by atomic mass is 16.5. The number of ketones is 1. The number of benzene rings is 1. The zero-order valence-electron chi connectivity index (χ0n) is 16.6. The Bertz CT molecular complexity index is 1130. The summed E-state index contributed by atoms with van der Waals surface area (Å²) < 4.78 is 7.52. The van der Waals surface area contributed by atoms with Gasteiger partial charge in [0.15, 0.2) is 5.78 Å². The number of para-hydroxylation sites is 1. The second-order valence-electron chi connectivity index (χ2n) is 7.82. The van der Waals surface area contributed by atoms with Crippen LogP contribution in [0.5, 0.6) is 5.75 Å². The third-order valence-corrected chi connectivity index (χ3v) is 5.73. The lowest BCUT2D eigenvalue weighted by molar-refractivity contribution is -0.137. The summed E-state index contributed by atoms with van der Waals surface area (Å²) in [5, 5.41) is 16.6. The SMILES string of the molecule is O=C(O)Cn1cc(-c2cnc(N3CCC4(CC3)CC(=O)c3ccccc3O4)cn2)nn1. The summed E-state index contributed by atoms with van der Waals surface area (Å²) in [6, 6.07) is 7.42. The number of carbonyl (C=O) groups excluding carboxylic acids is 1. The minimum Gasteiger partial charge on any atom is -0.486 e. The number of nitrogens with zero attached hydrogens (tertiary/aromatic N) is 6. The molecule has 31 heavy (non-hydrogen) atoms. The van der Waals surface area contributed by atoms with Crippen LogP contribution in [-0.2, 0) is 11.3 Å². The van der Waals surface area contributed by atoms with Gasteiger partial charge < -0.3 is 14.7 Å². The van der Waals surface area contributed by atoms with Crippen molar-refractivity contribution in [3.63, 3.8) is 0 Å². The maximum atomic E-state index is 12.6. The minimum absolute atomic E-state index is 0.135. The first kappa shape index (κ1) is 19.2. The van der Waals surface area contributed by atoms with Crippen LogP contribution < -0.4 is 9.64 Å². The Balaban J connectivity index is 1.26. The monoisotopic (exact) mass is 420 g/mol. The number of ether oxygens (including phenoxy) is 1. The number of hydrogen-bond acceptors (Lipinski definition) is 8. The van der Waals surface area contributed by atoms with Gasteiger partial charge in [-0.2, -0.15) is 0 Å². The molecule has 0 unspecified atom stereocenters. The van der Waals surface area contributed by atoms with Crippen molar-refractivity contribution in [3.05, 3.63) is 48.4 Å². The molecule has 158 valence electrons. The van der Waals surface area contributed by atoms with Crippen molar-refractivity contribution in [2.24, 2.45) is 0 Å². The summed E-state index contributed by atoms with van der Waals surface area (Å²) in [6.07, 6.45) is 6.64. The summed E-state index contributed by atoms with van der Waals surface area (Å²) in [6.45, 7) is 1.15. The molecule has 10 nitrogen and oxygen atoms in total. The number of piperidine rings is 1. The Hall–Kier alpha value is -3.82. The molecule has 2 aliphatic rings. The van der Waals surface area contributed by atoms with Crippen molar-refractivity contribution in [2.75, 3.05) is 18.0 Å². The summed E-state index contributed by atoms with van der Waals surface area (Å²) in [5.74, 6) is 0.551. The molecule has 0 saturated carbocycles. The van der Waals surface area contributed by atoms with Gasteiger partial charge in [-0.3, -0.25) is 9.59 Å². The van der Waals surface area contributed by atoms with Crippen molar-refractivity contribution in [3.8, 4) is 17.1 Å². The molecule has 0 atom stereocenters. The van der Waals surface area contributed by atoms with E-state index < -0.39 is 11.6 Å². The Morgan fingerprint density at radius 3 is 2.68 bits per heavy atom. The molecular weight excluding hydrogens is 400 g/mol. The van der Waals surface area contributed by atoms with E-state index in [4.69, 9.17) is 9.84 Å². The Morgan fingerprint density at radius 1 is 1.13 bits per heavy atom. The molecule has 5 rings (SSSR count). The number of rotatable bonds is 4. The van der Waals surface area contributed by atoms with Gasteiger partial charge in [-0.15, -0.1) is 5.10 Å². The number of fused-ring (bicyclic) bond motifs is 1. The van der Waals surface area contributed by atoms with E-state index >= 15 is 0 Å². The van der Waals surface area contributed by atoms with Crippen molar-refractivity contribution >= 4 is 17.6 Å². The standard InChI is InChI=1S/C21H20N6O4/c28-17-9-21(31-18-4-2-1-3-14(17)18)5-7-26(8-6-21)19-11-22-15(10-23-19)16-12-27(25-24-16)13-20(29)30/h1-4,10-12H,5-9,13H2,(H,29,30). The van der Waals surface area contributed by atoms with Crippen LogP contribution in [0.4, 0.5) is 5.82 Å². The van der Waals surface area contributed by atoms with Crippen molar-refractivity contribution in [2.45, 2.75) is 31.4 Å². The van der Waals surface area contributed by atoms with Crippen molar-refractivity contribution in [1.82, 2.24) is 25.0 Å². The average molecular weight is 420 g/mol. The smallest absolute Gasteiger partial charge is 0.325 e. The molecule has 1 N–H and O–H groups in total. The van der Waals surface area contributed by atoms with Gasteiger partial charge in [0, 0.05) is 25.9 Å². The molecule has 10 heteroatoms. The van der Waals surface area contributed by atoms with E-state index in [1.54, 1.807) is 12.4 Å². The van der Waals surface area contributed by atoms with Crippen molar-refractivity contribution < 1.29 is 19.4 Å².